The number of nitrogens with zero attached hydrogens (tertiary/aromatic N) is 2. The molecule has 0 aliphatic carbocycles. The number of hydrogen-bond acceptors (Lipinski definition) is 4. The molecule has 5 heteroatoms. The minimum atomic E-state index is -0.454. The lowest BCUT2D eigenvalue weighted by Gasteiger charge is -2.08. The van der Waals surface area contributed by atoms with E-state index < -0.39 is 6.10 Å². The first-order chi connectivity index (χ1) is 8.16. The summed E-state index contributed by atoms with van der Waals surface area (Å²) in [5.74, 6) is 0. The van der Waals surface area contributed by atoms with Crippen LogP contribution >= 0.6 is 27.7 Å². The van der Waals surface area contributed by atoms with Crippen molar-refractivity contribution in [1.29, 1.82) is 0 Å². The van der Waals surface area contributed by atoms with Crippen molar-refractivity contribution in [3.05, 3.63) is 46.8 Å². The van der Waals surface area contributed by atoms with Crippen molar-refractivity contribution in [2.45, 2.75) is 22.9 Å². The van der Waals surface area contributed by atoms with Gasteiger partial charge in [0.05, 0.1) is 6.10 Å². The van der Waals surface area contributed by atoms with Crippen LogP contribution in [0.2, 0.25) is 0 Å². The molecule has 0 bridgehead atoms. The molecular weight excluding hydrogens is 300 g/mol. The predicted octanol–water partition coefficient (Wildman–Crippen LogP) is 3.44. The zero-order valence-electron chi connectivity index (χ0n) is 9.17. The lowest BCUT2D eigenvalue weighted by atomic mass is 10.1. The third kappa shape index (κ3) is 3.28. The van der Waals surface area contributed by atoms with E-state index in [4.69, 9.17) is 0 Å². The molecule has 0 amide bonds. The maximum Gasteiger partial charge on any atom is 0.116 e. The highest BCUT2D eigenvalue weighted by molar-refractivity contribution is 9.10. The summed E-state index contributed by atoms with van der Waals surface area (Å²) in [4.78, 5) is 9.09. The van der Waals surface area contributed by atoms with Gasteiger partial charge in [0.2, 0.25) is 0 Å². The second-order valence-corrected chi connectivity index (χ2v) is 5.43. The molecule has 88 valence electrons. The fourth-order valence-corrected chi connectivity index (χ4v) is 2.70. The number of aromatic nitrogens is 2. The Morgan fingerprint density at radius 3 is 2.76 bits per heavy atom. The molecule has 1 N–H and O–H groups in total. The number of aliphatic hydroxyl groups excluding tert-OH is 1. The highest BCUT2D eigenvalue weighted by Crippen LogP contribution is 2.33. The number of aliphatic hydroxyl groups is 1. The van der Waals surface area contributed by atoms with Crippen molar-refractivity contribution in [2.75, 3.05) is 0 Å². The third-order valence-electron chi connectivity index (χ3n) is 2.21. The van der Waals surface area contributed by atoms with E-state index in [1.807, 2.05) is 24.3 Å². The minimum absolute atomic E-state index is 0.454. The van der Waals surface area contributed by atoms with Gasteiger partial charge in [0, 0.05) is 15.6 Å². The quantitative estimate of drug-likeness (QED) is 0.882. The van der Waals surface area contributed by atoms with Crippen LogP contribution in [0.25, 0.3) is 0 Å². The molecule has 2 rings (SSSR count). The van der Waals surface area contributed by atoms with Gasteiger partial charge in [0.25, 0.3) is 0 Å². The zero-order chi connectivity index (χ0) is 12.3. The molecular formula is C12H11BrN2OS. The summed E-state index contributed by atoms with van der Waals surface area (Å²) in [6, 6.07) is 7.67. The van der Waals surface area contributed by atoms with E-state index in [0.29, 0.717) is 0 Å². The van der Waals surface area contributed by atoms with E-state index in [2.05, 4.69) is 25.9 Å². The van der Waals surface area contributed by atoms with Crippen LogP contribution in [-0.2, 0) is 0 Å². The van der Waals surface area contributed by atoms with Crippen LogP contribution in [0.4, 0.5) is 0 Å². The number of benzene rings is 1. The molecule has 0 radical (unpaired) electrons. The molecule has 1 aromatic carbocycles. The topological polar surface area (TPSA) is 46.0 Å². The van der Waals surface area contributed by atoms with E-state index in [1.165, 1.54) is 6.33 Å². The number of halogens is 1. The van der Waals surface area contributed by atoms with Crippen molar-refractivity contribution in [2.24, 2.45) is 0 Å². The van der Waals surface area contributed by atoms with E-state index in [9.17, 15) is 5.11 Å². The van der Waals surface area contributed by atoms with Gasteiger partial charge in [-0.3, -0.25) is 0 Å². The van der Waals surface area contributed by atoms with E-state index in [0.717, 1.165) is 20.0 Å². The summed E-state index contributed by atoms with van der Waals surface area (Å²) < 4.78 is 0.958. The Morgan fingerprint density at radius 2 is 2.18 bits per heavy atom. The monoisotopic (exact) mass is 310 g/mol. The second-order valence-electron chi connectivity index (χ2n) is 3.52. The van der Waals surface area contributed by atoms with Crippen LogP contribution in [0.3, 0.4) is 0 Å². The zero-order valence-corrected chi connectivity index (χ0v) is 11.6. The van der Waals surface area contributed by atoms with Crippen molar-refractivity contribution in [3.63, 3.8) is 0 Å². The van der Waals surface area contributed by atoms with Gasteiger partial charge in [-0.05, 0) is 46.6 Å². The van der Waals surface area contributed by atoms with Crippen molar-refractivity contribution in [1.82, 2.24) is 9.97 Å². The van der Waals surface area contributed by atoms with Crippen LogP contribution in [0, 0.1) is 0 Å². The molecule has 17 heavy (non-hydrogen) atoms. The van der Waals surface area contributed by atoms with Crippen LogP contribution in [0.5, 0.6) is 0 Å². The maximum atomic E-state index is 9.48. The summed E-state index contributed by atoms with van der Waals surface area (Å²) in [6.45, 7) is 1.75. The highest BCUT2D eigenvalue weighted by atomic mass is 79.9. The molecule has 0 saturated carbocycles. The van der Waals surface area contributed by atoms with Crippen LogP contribution in [0.15, 0.2) is 51.2 Å². The maximum absolute atomic E-state index is 9.48. The molecule has 0 spiro atoms. The number of rotatable bonds is 3. The van der Waals surface area contributed by atoms with E-state index in [1.54, 1.807) is 24.9 Å². The van der Waals surface area contributed by atoms with Crippen molar-refractivity contribution >= 4 is 27.7 Å². The Labute approximate surface area is 112 Å². The van der Waals surface area contributed by atoms with Gasteiger partial charge in [-0.1, -0.05) is 17.8 Å². The summed E-state index contributed by atoms with van der Waals surface area (Å²) in [5, 5.41) is 10.4. The molecule has 2 aromatic rings. The van der Waals surface area contributed by atoms with Crippen LogP contribution < -0.4 is 0 Å². The first kappa shape index (κ1) is 12.5. The molecule has 0 aliphatic heterocycles. The van der Waals surface area contributed by atoms with Gasteiger partial charge >= 0.3 is 0 Å². The van der Waals surface area contributed by atoms with Crippen LogP contribution in [0.1, 0.15) is 18.6 Å². The highest BCUT2D eigenvalue weighted by Gasteiger charge is 2.07. The summed E-state index contributed by atoms with van der Waals surface area (Å²) >= 11 is 5.05. The summed E-state index contributed by atoms with van der Waals surface area (Å²) in [5.41, 5.74) is 0.893. The Morgan fingerprint density at radius 1 is 1.35 bits per heavy atom. The molecule has 1 heterocycles. The average molecular weight is 311 g/mol. The molecule has 1 aromatic heterocycles. The first-order valence-corrected chi connectivity index (χ1v) is 6.69. The molecule has 3 nitrogen and oxygen atoms in total. The molecule has 1 atom stereocenters. The lowest BCUT2D eigenvalue weighted by molar-refractivity contribution is 0.199. The SMILES string of the molecule is C[C@@H](O)c1ccc(Sc2ccncn2)c(Br)c1. The summed E-state index contributed by atoms with van der Waals surface area (Å²) in [7, 11) is 0. The van der Waals surface area contributed by atoms with Crippen LogP contribution in [-0.4, -0.2) is 15.1 Å². The molecule has 0 unspecified atom stereocenters. The predicted molar refractivity (Wildman–Crippen MR) is 70.9 cm³/mol. The molecule has 0 aliphatic rings. The Kier molecular flexibility index (Phi) is 4.15. The van der Waals surface area contributed by atoms with Gasteiger partial charge in [0.1, 0.15) is 11.4 Å². The van der Waals surface area contributed by atoms with Gasteiger partial charge in [-0.25, -0.2) is 9.97 Å². The normalized spacial score (nSPS) is 12.4. The second kappa shape index (κ2) is 5.62. The Hall–Kier alpha value is -0.910. The Bertz CT molecular complexity index is 505. The minimum Gasteiger partial charge on any atom is -0.389 e. The summed E-state index contributed by atoms with van der Waals surface area (Å²) in [6.07, 6.45) is 2.79. The molecule has 0 fully saturated rings. The standard InChI is InChI=1S/C12H11BrN2OS/c1-8(16)9-2-3-11(10(13)6-9)17-12-4-5-14-7-15-12/h2-8,16H,1H3/t8-/m1/s1. The third-order valence-corrected chi connectivity index (χ3v) is 4.15. The Balaban J connectivity index is 2.23. The van der Waals surface area contributed by atoms with Gasteiger partial charge in [-0.2, -0.15) is 0 Å². The fraction of sp³-hybridized carbons (Fsp3) is 0.167. The van der Waals surface area contributed by atoms with E-state index in [-0.39, 0.29) is 0 Å². The van der Waals surface area contributed by atoms with Gasteiger partial charge in [-0.15, -0.1) is 0 Å². The number of hydrogen-bond donors (Lipinski definition) is 1. The van der Waals surface area contributed by atoms with E-state index >= 15 is 0 Å². The van der Waals surface area contributed by atoms with Crippen molar-refractivity contribution < 1.29 is 5.11 Å². The fourth-order valence-electron chi connectivity index (χ4n) is 1.31. The average Bonchev–Trinajstić information content (AvgIpc) is 2.33. The lowest BCUT2D eigenvalue weighted by Crippen LogP contribution is -1.91. The van der Waals surface area contributed by atoms with Gasteiger partial charge in [0.15, 0.2) is 0 Å². The van der Waals surface area contributed by atoms with Crippen molar-refractivity contribution in [3.8, 4) is 0 Å². The smallest absolute Gasteiger partial charge is 0.116 e. The molecule has 0 saturated heterocycles. The largest absolute Gasteiger partial charge is 0.389 e. The first-order valence-electron chi connectivity index (χ1n) is 5.08. The van der Waals surface area contributed by atoms with Gasteiger partial charge < -0.3 is 5.11 Å².